The van der Waals surface area contributed by atoms with E-state index in [0.29, 0.717) is 0 Å². The third-order valence-electron chi connectivity index (χ3n) is 4.79. The summed E-state index contributed by atoms with van der Waals surface area (Å²) in [6.45, 7) is 1.44. The molecule has 31 heavy (non-hydrogen) atoms. The number of aryl methyl sites for hydroxylation is 1. The quantitative estimate of drug-likeness (QED) is 0.505. The SMILES string of the molecule is CCS(=O)(=O)c1cn2cc(C(=O)O)nc2cc1-c1nc2cc(C(F)(F)F)ncc2n1C. The van der Waals surface area contributed by atoms with Crippen molar-refractivity contribution in [3.63, 3.8) is 0 Å². The molecule has 0 radical (unpaired) electrons. The van der Waals surface area contributed by atoms with Crippen LogP contribution in [0.2, 0.25) is 0 Å². The van der Waals surface area contributed by atoms with Crippen molar-refractivity contribution in [2.24, 2.45) is 7.05 Å². The van der Waals surface area contributed by atoms with Crippen LogP contribution in [0.25, 0.3) is 28.1 Å². The summed E-state index contributed by atoms with van der Waals surface area (Å²) in [5.41, 5.74) is -0.943. The van der Waals surface area contributed by atoms with Crippen molar-refractivity contribution in [3.8, 4) is 11.4 Å². The Balaban J connectivity index is 2.04. The Labute approximate surface area is 172 Å². The van der Waals surface area contributed by atoms with Gasteiger partial charge in [0.05, 0.1) is 27.9 Å². The molecule has 0 aliphatic carbocycles. The van der Waals surface area contributed by atoms with Crippen molar-refractivity contribution >= 4 is 32.5 Å². The maximum absolute atomic E-state index is 13.0. The summed E-state index contributed by atoms with van der Waals surface area (Å²) in [7, 11) is -2.30. The van der Waals surface area contributed by atoms with Crippen molar-refractivity contribution in [1.29, 1.82) is 0 Å². The molecule has 0 amide bonds. The van der Waals surface area contributed by atoms with Crippen molar-refractivity contribution in [2.75, 3.05) is 5.75 Å². The van der Waals surface area contributed by atoms with E-state index in [4.69, 9.17) is 5.11 Å². The van der Waals surface area contributed by atoms with Gasteiger partial charge in [-0.15, -0.1) is 0 Å². The number of carbonyl (C=O) groups is 1. The number of carboxylic acids is 1. The second kappa shape index (κ2) is 6.77. The van der Waals surface area contributed by atoms with E-state index >= 15 is 0 Å². The minimum absolute atomic E-state index is 0.0193. The van der Waals surface area contributed by atoms with Crippen molar-refractivity contribution < 1.29 is 31.5 Å². The maximum atomic E-state index is 13.0. The van der Waals surface area contributed by atoms with Crippen LogP contribution in [-0.4, -0.2) is 49.2 Å². The molecule has 4 aromatic rings. The third kappa shape index (κ3) is 3.40. The number of alkyl halides is 3. The molecule has 162 valence electrons. The number of carboxylic acid groups (broad SMARTS) is 1. The number of halogens is 3. The zero-order valence-corrected chi connectivity index (χ0v) is 16.9. The van der Waals surface area contributed by atoms with E-state index < -0.39 is 27.7 Å². The Morgan fingerprint density at radius 1 is 1.19 bits per heavy atom. The number of nitrogens with zero attached hydrogens (tertiary/aromatic N) is 5. The molecule has 4 rings (SSSR count). The van der Waals surface area contributed by atoms with Gasteiger partial charge < -0.3 is 14.1 Å². The first-order valence-electron chi connectivity index (χ1n) is 8.81. The first kappa shape index (κ1) is 20.8. The van der Waals surface area contributed by atoms with Crippen LogP contribution in [-0.2, 0) is 23.1 Å². The number of aromatic nitrogens is 5. The van der Waals surface area contributed by atoms with E-state index in [1.54, 1.807) is 0 Å². The predicted octanol–water partition coefficient (Wildman–Crippen LogP) is 2.79. The summed E-state index contributed by atoms with van der Waals surface area (Å²) < 4.78 is 67.2. The van der Waals surface area contributed by atoms with Crippen molar-refractivity contribution in [2.45, 2.75) is 18.0 Å². The van der Waals surface area contributed by atoms with E-state index in [2.05, 4.69) is 15.0 Å². The summed E-state index contributed by atoms with van der Waals surface area (Å²) in [4.78, 5) is 22.7. The summed E-state index contributed by atoms with van der Waals surface area (Å²) >= 11 is 0. The van der Waals surface area contributed by atoms with Gasteiger partial charge >= 0.3 is 12.1 Å². The number of fused-ring (bicyclic) bond motifs is 2. The van der Waals surface area contributed by atoms with Crippen LogP contribution in [0, 0.1) is 0 Å². The topological polar surface area (TPSA) is 119 Å². The van der Waals surface area contributed by atoms with E-state index in [1.165, 1.54) is 41.4 Å². The minimum Gasteiger partial charge on any atom is -0.476 e. The van der Waals surface area contributed by atoms with Crippen LogP contribution >= 0.6 is 0 Å². The molecule has 4 aromatic heterocycles. The van der Waals surface area contributed by atoms with Gasteiger partial charge in [0.25, 0.3) is 0 Å². The lowest BCUT2D eigenvalue weighted by Gasteiger charge is -2.10. The standard InChI is InChI=1S/C18H14F3N5O4S/c1-3-31(29,30)13-8-26-7-11(17(27)28)23-15(26)4-9(13)16-24-10-5-14(18(19,20)21)22-6-12(10)25(16)2/h4-8H,3H2,1-2H3,(H,27,28). The Morgan fingerprint density at radius 2 is 1.90 bits per heavy atom. The van der Waals surface area contributed by atoms with Gasteiger partial charge in [-0.2, -0.15) is 13.2 Å². The Hall–Kier alpha value is -3.48. The molecule has 1 N–H and O–H groups in total. The first-order chi connectivity index (χ1) is 14.4. The van der Waals surface area contributed by atoms with E-state index in [-0.39, 0.29) is 44.4 Å². The fourth-order valence-corrected chi connectivity index (χ4v) is 4.25. The molecule has 0 saturated carbocycles. The van der Waals surface area contributed by atoms with Crippen LogP contribution in [0.1, 0.15) is 23.1 Å². The molecule has 0 aliphatic heterocycles. The summed E-state index contributed by atoms with van der Waals surface area (Å²) in [5.74, 6) is -1.47. The lowest BCUT2D eigenvalue weighted by Crippen LogP contribution is -2.09. The fraction of sp³-hybridized carbons (Fsp3) is 0.222. The van der Waals surface area contributed by atoms with Crippen LogP contribution in [0.3, 0.4) is 0 Å². The molecule has 0 bridgehead atoms. The Kier molecular flexibility index (Phi) is 4.54. The number of imidazole rings is 2. The van der Waals surface area contributed by atoms with Crippen LogP contribution in [0.4, 0.5) is 13.2 Å². The fourth-order valence-electron chi connectivity index (χ4n) is 3.18. The molecule has 0 spiro atoms. The van der Waals surface area contributed by atoms with Gasteiger partial charge in [-0.3, -0.25) is 0 Å². The summed E-state index contributed by atoms with van der Waals surface area (Å²) in [6, 6.07) is 2.12. The number of rotatable bonds is 4. The average Bonchev–Trinajstić information content (AvgIpc) is 3.27. The normalized spacial score (nSPS) is 12.7. The molecule has 0 aromatic carbocycles. The van der Waals surface area contributed by atoms with Crippen LogP contribution < -0.4 is 0 Å². The van der Waals surface area contributed by atoms with E-state index in [0.717, 1.165) is 12.3 Å². The van der Waals surface area contributed by atoms with E-state index in [9.17, 15) is 26.4 Å². The zero-order valence-electron chi connectivity index (χ0n) is 16.0. The molecule has 0 aliphatic rings. The highest BCUT2D eigenvalue weighted by Crippen LogP contribution is 2.33. The third-order valence-corrected chi connectivity index (χ3v) is 6.54. The minimum atomic E-state index is -4.66. The Bertz CT molecular complexity index is 1470. The molecular formula is C18H14F3N5O4S. The second-order valence-corrected chi connectivity index (χ2v) is 8.95. The molecule has 13 heteroatoms. The van der Waals surface area contributed by atoms with Gasteiger partial charge in [-0.25, -0.2) is 28.2 Å². The summed E-state index contributed by atoms with van der Waals surface area (Å²) in [6.07, 6.45) is -1.25. The highest BCUT2D eigenvalue weighted by Gasteiger charge is 2.33. The van der Waals surface area contributed by atoms with Crippen LogP contribution in [0.5, 0.6) is 0 Å². The first-order valence-corrected chi connectivity index (χ1v) is 10.5. The second-order valence-electron chi connectivity index (χ2n) is 6.70. The zero-order chi connectivity index (χ0) is 22.7. The molecule has 0 fully saturated rings. The average molecular weight is 453 g/mol. The number of hydrogen-bond donors (Lipinski definition) is 1. The number of hydrogen-bond acceptors (Lipinski definition) is 6. The monoisotopic (exact) mass is 453 g/mol. The molecule has 0 unspecified atom stereocenters. The predicted molar refractivity (Wildman–Crippen MR) is 102 cm³/mol. The largest absolute Gasteiger partial charge is 0.476 e. The van der Waals surface area contributed by atoms with Crippen molar-refractivity contribution in [3.05, 3.63) is 42.1 Å². The van der Waals surface area contributed by atoms with Gasteiger partial charge in [0, 0.05) is 25.0 Å². The lowest BCUT2D eigenvalue weighted by atomic mass is 10.2. The lowest BCUT2D eigenvalue weighted by molar-refractivity contribution is -0.141. The van der Waals surface area contributed by atoms with E-state index in [1.807, 2.05) is 0 Å². The molecule has 0 atom stereocenters. The smallest absolute Gasteiger partial charge is 0.433 e. The molecule has 0 saturated heterocycles. The molecule has 4 heterocycles. The number of sulfone groups is 1. The van der Waals surface area contributed by atoms with Crippen molar-refractivity contribution in [1.82, 2.24) is 23.9 Å². The Morgan fingerprint density at radius 3 is 2.52 bits per heavy atom. The highest BCUT2D eigenvalue weighted by molar-refractivity contribution is 7.91. The number of pyridine rings is 2. The van der Waals surface area contributed by atoms with Gasteiger partial charge in [-0.05, 0) is 12.1 Å². The molecular weight excluding hydrogens is 439 g/mol. The number of aromatic carboxylic acids is 1. The van der Waals surface area contributed by atoms with Gasteiger partial charge in [0.15, 0.2) is 15.5 Å². The van der Waals surface area contributed by atoms with Gasteiger partial charge in [-0.1, -0.05) is 6.92 Å². The highest BCUT2D eigenvalue weighted by atomic mass is 32.2. The maximum Gasteiger partial charge on any atom is 0.433 e. The van der Waals surface area contributed by atoms with Gasteiger partial charge in [0.2, 0.25) is 0 Å². The van der Waals surface area contributed by atoms with Gasteiger partial charge in [0.1, 0.15) is 17.2 Å². The van der Waals surface area contributed by atoms with Crippen LogP contribution in [0.15, 0.2) is 35.6 Å². The summed E-state index contributed by atoms with van der Waals surface area (Å²) in [5, 5.41) is 9.17. The molecule has 9 nitrogen and oxygen atoms in total.